The van der Waals surface area contributed by atoms with Crippen molar-refractivity contribution in [1.82, 2.24) is 10.3 Å². The van der Waals surface area contributed by atoms with E-state index in [1.807, 2.05) is 6.20 Å². The molecule has 1 aliphatic rings. The van der Waals surface area contributed by atoms with Crippen LogP contribution in [0.5, 0.6) is 0 Å². The van der Waals surface area contributed by atoms with E-state index in [0.29, 0.717) is 12.1 Å². The molecule has 0 bridgehead atoms. The molecule has 0 radical (unpaired) electrons. The Hall–Kier alpha value is -1.13. The molecule has 1 saturated heterocycles. The van der Waals surface area contributed by atoms with Crippen LogP contribution in [0.1, 0.15) is 31.9 Å². The number of nitrogens with zero attached hydrogens (tertiary/aromatic N) is 2. The molecule has 1 N–H and O–H groups in total. The topological polar surface area (TPSA) is 37.4 Å². The van der Waals surface area contributed by atoms with Gasteiger partial charge in [0.2, 0.25) is 0 Å². The maximum absolute atomic E-state index is 5.41. The molecule has 0 amide bonds. The first kappa shape index (κ1) is 13.3. The van der Waals surface area contributed by atoms with Gasteiger partial charge in [0.1, 0.15) is 5.82 Å². The van der Waals surface area contributed by atoms with Crippen molar-refractivity contribution in [2.24, 2.45) is 0 Å². The zero-order valence-electron chi connectivity index (χ0n) is 11.5. The average Bonchev–Trinajstić information content (AvgIpc) is 2.92. The summed E-state index contributed by atoms with van der Waals surface area (Å²) in [6.07, 6.45) is 3.06. The smallest absolute Gasteiger partial charge is 0.128 e. The minimum atomic E-state index is 0.358. The van der Waals surface area contributed by atoms with Crippen LogP contribution in [0, 0.1) is 0 Å². The molecule has 0 aliphatic carbocycles. The molecule has 0 spiro atoms. The molecule has 1 fully saturated rings. The van der Waals surface area contributed by atoms with Gasteiger partial charge in [-0.2, -0.15) is 0 Å². The Morgan fingerprint density at radius 3 is 2.94 bits per heavy atom. The van der Waals surface area contributed by atoms with E-state index in [1.165, 1.54) is 5.56 Å². The van der Waals surface area contributed by atoms with Gasteiger partial charge in [-0.25, -0.2) is 4.98 Å². The zero-order chi connectivity index (χ0) is 13.0. The monoisotopic (exact) mass is 249 g/mol. The van der Waals surface area contributed by atoms with Crippen LogP contribution >= 0.6 is 0 Å². The summed E-state index contributed by atoms with van der Waals surface area (Å²) in [4.78, 5) is 6.77. The van der Waals surface area contributed by atoms with Crippen molar-refractivity contribution >= 4 is 5.82 Å². The van der Waals surface area contributed by atoms with Crippen molar-refractivity contribution in [2.75, 3.05) is 31.7 Å². The van der Waals surface area contributed by atoms with Gasteiger partial charge in [-0.3, -0.25) is 0 Å². The van der Waals surface area contributed by atoms with Crippen LogP contribution in [0.15, 0.2) is 18.3 Å². The molecule has 100 valence electrons. The van der Waals surface area contributed by atoms with Gasteiger partial charge in [0.15, 0.2) is 0 Å². The van der Waals surface area contributed by atoms with Gasteiger partial charge in [0.05, 0.1) is 12.6 Å². The molecular weight excluding hydrogens is 226 g/mol. The molecule has 2 unspecified atom stereocenters. The first-order valence-corrected chi connectivity index (χ1v) is 6.72. The second-order valence-electron chi connectivity index (χ2n) is 4.86. The van der Waals surface area contributed by atoms with Crippen molar-refractivity contribution < 1.29 is 4.74 Å². The molecule has 4 heteroatoms. The summed E-state index contributed by atoms with van der Waals surface area (Å²) in [5, 5.41) is 3.39. The van der Waals surface area contributed by atoms with Gasteiger partial charge < -0.3 is 15.0 Å². The third kappa shape index (κ3) is 3.00. The highest BCUT2D eigenvalue weighted by molar-refractivity contribution is 5.40. The van der Waals surface area contributed by atoms with E-state index in [0.717, 1.165) is 32.0 Å². The summed E-state index contributed by atoms with van der Waals surface area (Å²) < 4.78 is 5.41. The molecular formula is C14H23N3O. The molecule has 1 aromatic rings. The summed E-state index contributed by atoms with van der Waals surface area (Å²) in [6, 6.07) is 5.08. The lowest BCUT2D eigenvalue weighted by molar-refractivity contribution is 0.193. The van der Waals surface area contributed by atoms with Crippen molar-refractivity contribution in [3.05, 3.63) is 23.9 Å². The average molecular weight is 249 g/mol. The number of anilines is 1. The van der Waals surface area contributed by atoms with Gasteiger partial charge in [0.25, 0.3) is 0 Å². The highest BCUT2D eigenvalue weighted by Gasteiger charge is 2.21. The number of hydrogen-bond donors (Lipinski definition) is 1. The minimum Gasteiger partial charge on any atom is -0.379 e. The van der Waals surface area contributed by atoms with E-state index in [4.69, 9.17) is 4.74 Å². The van der Waals surface area contributed by atoms with E-state index in [1.54, 1.807) is 0 Å². The highest BCUT2D eigenvalue weighted by atomic mass is 16.5. The van der Waals surface area contributed by atoms with Crippen molar-refractivity contribution in [3.63, 3.8) is 0 Å². The van der Waals surface area contributed by atoms with Crippen LogP contribution in [0.25, 0.3) is 0 Å². The standard InChI is InChI=1S/C14H23N3O/c1-4-15-11(2)12-5-6-14(16-9-12)17(3)13-7-8-18-10-13/h5-6,9,11,13,15H,4,7-8,10H2,1-3H3. The molecule has 2 heterocycles. The summed E-state index contributed by atoms with van der Waals surface area (Å²) in [5.74, 6) is 1.03. The van der Waals surface area contributed by atoms with Crippen LogP contribution in [0.3, 0.4) is 0 Å². The number of aromatic nitrogens is 1. The SMILES string of the molecule is CCNC(C)c1ccc(N(C)C2CCOC2)nc1. The van der Waals surface area contributed by atoms with Gasteiger partial charge in [-0.05, 0) is 31.5 Å². The summed E-state index contributed by atoms with van der Waals surface area (Å²) in [7, 11) is 2.09. The van der Waals surface area contributed by atoms with E-state index >= 15 is 0 Å². The fourth-order valence-electron chi connectivity index (χ4n) is 2.30. The number of pyridine rings is 1. The predicted octanol–water partition coefficient (Wildman–Crippen LogP) is 1.98. The molecule has 0 saturated carbocycles. The molecule has 0 aromatic carbocycles. The Morgan fingerprint density at radius 1 is 1.56 bits per heavy atom. The molecule has 4 nitrogen and oxygen atoms in total. The van der Waals surface area contributed by atoms with Crippen LogP contribution in [0.2, 0.25) is 0 Å². The van der Waals surface area contributed by atoms with Gasteiger partial charge in [-0.15, -0.1) is 0 Å². The molecule has 1 aromatic heterocycles. The normalized spacial score (nSPS) is 20.9. The lowest BCUT2D eigenvalue weighted by Crippen LogP contribution is -2.32. The summed E-state index contributed by atoms with van der Waals surface area (Å²) in [5.41, 5.74) is 1.23. The number of ether oxygens (including phenoxy) is 1. The van der Waals surface area contributed by atoms with Crippen LogP contribution in [0.4, 0.5) is 5.82 Å². The summed E-state index contributed by atoms with van der Waals surface area (Å²) >= 11 is 0. The largest absolute Gasteiger partial charge is 0.379 e. The maximum Gasteiger partial charge on any atom is 0.128 e. The quantitative estimate of drug-likeness (QED) is 0.866. The van der Waals surface area contributed by atoms with E-state index < -0.39 is 0 Å². The third-order valence-corrected chi connectivity index (χ3v) is 3.60. The fourth-order valence-corrected chi connectivity index (χ4v) is 2.30. The Kier molecular flexibility index (Phi) is 4.55. The lowest BCUT2D eigenvalue weighted by Gasteiger charge is -2.24. The molecule has 2 rings (SSSR count). The van der Waals surface area contributed by atoms with Crippen LogP contribution in [-0.4, -0.2) is 37.8 Å². The number of rotatable bonds is 5. The van der Waals surface area contributed by atoms with Crippen molar-refractivity contribution in [3.8, 4) is 0 Å². The highest BCUT2D eigenvalue weighted by Crippen LogP contribution is 2.19. The Balaban J connectivity index is 2.02. The van der Waals surface area contributed by atoms with Crippen molar-refractivity contribution in [2.45, 2.75) is 32.4 Å². The van der Waals surface area contributed by atoms with Gasteiger partial charge >= 0.3 is 0 Å². The van der Waals surface area contributed by atoms with Crippen molar-refractivity contribution in [1.29, 1.82) is 0 Å². The maximum atomic E-state index is 5.41. The van der Waals surface area contributed by atoms with E-state index in [9.17, 15) is 0 Å². The Bertz CT molecular complexity index is 360. The third-order valence-electron chi connectivity index (χ3n) is 3.60. The predicted molar refractivity (Wildman–Crippen MR) is 74.0 cm³/mol. The van der Waals surface area contributed by atoms with Crippen LogP contribution in [-0.2, 0) is 4.74 Å². The summed E-state index contributed by atoms with van der Waals surface area (Å²) in [6.45, 7) is 6.93. The lowest BCUT2D eigenvalue weighted by atomic mass is 10.1. The van der Waals surface area contributed by atoms with E-state index in [2.05, 4.69) is 48.2 Å². The Labute approximate surface area is 109 Å². The second-order valence-corrected chi connectivity index (χ2v) is 4.86. The molecule has 2 atom stereocenters. The first-order valence-electron chi connectivity index (χ1n) is 6.72. The zero-order valence-corrected chi connectivity index (χ0v) is 11.5. The Morgan fingerprint density at radius 2 is 2.39 bits per heavy atom. The van der Waals surface area contributed by atoms with E-state index in [-0.39, 0.29) is 0 Å². The number of nitrogens with one attached hydrogen (secondary N) is 1. The van der Waals surface area contributed by atoms with Crippen LogP contribution < -0.4 is 10.2 Å². The van der Waals surface area contributed by atoms with Gasteiger partial charge in [-0.1, -0.05) is 13.0 Å². The number of hydrogen-bond acceptors (Lipinski definition) is 4. The minimum absolute atomic E-state index is 0.358. The second kappa shape index (κ2) is 6.16. The molecule has 1 aliphatic heterocycles. The van der Waals surface area contributed by atoms with Gasteiger partial charge in [0, 0.05) is 25.9 Å². The first-order chi connectivity index (χ1) is 8.72. The number of likely N-dealkylation sites (N-methyl/N-ethyl adjacent to an activating group) is 1. The fraction of sp³-hybridized carbons (Fsp3) is 0.643. The molecule has 18 heavy (non-hydrogen) atoms.